The Morgan fingerprint density at radius 2 is 2.23 bits per heavy atom. The molecule has 0 N–H and O–H groups in total. The Morgan fingerprint density at radius 3 is 2.86 bits per heavy atom. The molecule has 1 aromatic heterocycles. The van der Waals surface area contributed by atoms with E-state index in [2.05, 4.69) is 18.2 Å². The number of ether oxygens (including phenoxy) is 2. The van der Waals surface area contributed by atoms with Crippen LogP contribution in [0.5, 0.6) is 0 Å². The van der Waals surface area contributed by atoms with Crippen LogP contribution in [0.1, 0.15) is 40.0 Å². The molecule has 2 heterocycles. The molecule has 3 rings (SSSR count). The van der Waals surface area contributed by atoms with E-state index in [0.29, 0.717) is 11.5 Å². The number of methoxy groups -OCH3 is 1. The van der Waals surface area contributed by atoms with Crippen LogP contribution >= 0.6 is 11.3 Å². The summed E-state index contributed by atoms with van der Waals surface area (Å²) in [5, 5.41) is 1.04. The van der Waals surface area contributed by atoms with Crippen molar-refractivity contribution in [3.05, 3.63) is 40.3 Å². The van der Waals surface area contributed by atoms with E-state index in [1.165, 1.54) is 29.6 Å². The first-order valence-corrected chi connectivity index (χ1v) is 8.10. The van der Waals surface area contributed by atoms with Gasteiger partial charge in [0.25, 0.3) is 0 Å². The van der Waals surface area contributed by atoms with E-state index in [4.69, 9.17) is 17.3 Å². The molecule has 0 saturated carbocycles. The first-order chi connectivity index (χ1) is 10.6. The molecule has 1 aromatic carbocycles. The highest BCUT2D eigenvalue weighted by Gasteiger charge is 2.17. The van der Waals surface area contributed by atoms with Gasteiger partial charge in [-0.3, -0.25) is 0 Å². The highest BCUT2D eigenvalue weighted by molar-refractivity contribution is 7.20. The molecule has 0 saturated heterocycles. The van der Waals surface area contributed by atoms with Gasteiger partial charge in [-0.2, -0.15) is 0 Å². The number of carbonyl (C=O) groups excluding carboxylic acids is 1. The molecule has 0 aliphatic carbocycles. The van der Waals surface area contributed by atoms with Gasteiger partial charge >= 0.3 is 5.97 Å². The van der Waals surface area contributed by atoms with Crippen molar-refractivity contribution < 1.29 is 14.3 Å². The normalized spacial score (nSPS) is 16.4. The van der Waals surface area contributed by atoms with E-state index in [1.54, 1.807) is 0 Å². The number of benzene rings is 1. The van der Waals surface area contributed by atoms with Gasteiger partial charge in [0.15, 0.2) is 0 Å². The van der Waals surface area contributed by atoms with Crippen molar-refractivity contribution in [3.63, 3.8) is 0 Å². The van der Waals surface area contributed by atoms with Crippen LogP contribution in [0, 0.1) is 0 Å². The zero-order chi connectivity index (χ0) is 15.7. The highest BCUT2D eigenvalue weighted by atomic mass is 32.1. The van der Waals surface area contributed by atoms with Gasteiger partial charge in [-0.25, -0.2) is 4.79 Å². The minimum atomic E-state index is -0.302. The molecule has 3 nitrogen and oxygen atoms in total. The maximum atomic E-state index is 11.8. The Labute approximate surface area is 135 Å². The second-order valence-electron chi connectivity index (χ2n) is 5.42. The van der Waals surface area contributed by atoms with Gasteiger partial charge in [-0.05, 0) is 40.6 Å². The van der Waals surface area contributed by atoms with Crippen LogP contribution in [0.15, 0.2) is 24.3 Å². The molecule has 22 heavy (non-hydrogen) atoms. The van der Waals surface area contributed by atoms with Gasteiger partial charge in [0.1, 0.15) is 4.88 Å². The van der Waals surface area contributed by atoms with Crippen molar-refractivity contribution in [1.29, 1.82) is 0 Å². The van der Waals surface area contributed by atoms with Crippen molar-refractivity contribution >= 4 is 40.8 Å². The lowest BCUT2D eigenvalue weighted by molar-refractivity contribution is 0.0606. The van der Waals surface area contributed by atoms with Crippen LogP contribution in [0.4, 0.5) is 0 Å². The van der Waals surface area contributed by atoms with Crippen LogP contribution in [0.2, 0.25) is 0 Å². The molecule has 0 amide bonds. The van der Waals surface area contributed by atoms with Crippen molar-refractivity contribution in [2.75, 3.05) is 20.3 Å². The summed E-state index contributed by atoms with van der Waals surface area (Å²) in [6, 6.07) is 6.15. The average Bonchev–Trinajstić information content (AvgIpc) is 2.97. The number of fused-ring (bicyclic) bond motifs is 1. The number of carbonyl (C=O) groups is 1. The monoisotopic (exact) mass is 312 g/mol. The average molecular weight is 312 g/mol. The summed E-state index contributed by atoms with van der Waals surface area (Å²) in [4.78, 5) is 12.4. The molecule has 0 fully saturated rings. The third-order valence-corrected chi connectivity index (χ3v) is 4.94. The zero-order valence-electron chi connectivity index (χ0n) is 12.7. The SMILES string of the molecule is [B]C(C)c1cc(C2=CCOCC2)cc2sc(C(=O)OC)cc12. The molecule has 5 heteroatoms. The minimum Gasteiger partial charge on any atom is -0.465 e. The summed E-state index contributed by atoms with van der Waals surface area (Å²) in [6.45, 7) is 3.36. The molecule has 1 aliphatic rings. The smallest absolute Gasteiger partial charge is 0.348 e. The topological polar surface area (TPSA) is 35.5 Å². The Hall–Kier alpha value is -1.59. The number of thiophene rings is 1. The number of rotatable bonds is 3. The molecular weight excluding hydrogens is 295 g/mol. The lowest BCUT2D eigenvalue weighted by Crippen LogP contribution is -2.04. The molecular formula is C17H17BO3S. The van der Waals surface area contributed by atoms with Gasteiger partial charge in [0.05, 0.1) is 28.2 Å². The van der Waals surface area contributed by atoms with Crippen molar-refractivity contribution in [1.82, 2.24) is 0 Å². The van der Waals surface area contributed by atoms with Crippen LogP contribution in [0.3, 0.4) is 0 Å². The standard InChI is InChI=1S/C17H17BO3S/c1-10(18)13-7-12(11-3-5-21-6-4-11)8-15-14(13)9-16(22-15)17(19)20-2/h3,7-10H,4-6H2,1-2H3. The van der Waals surface area contributed by atoms with Gasteiger partial charge in [-0.15, -0.1) is 11.3 Å². The van der Waals surface area contributed by atoms with Gasteiger partial charge in [-0.1, -0.05) is 24.9 Å². The maximum absolute atomic E-state index is 11.8. The van der Waals surface area contributed by atoms with Crippen molar-refractivity contribution in [2.24, 2.45) is 0 Å². The first-order valence-electron chi connectivity index (χ1n) is 7.28. The quantitative estimate of drug-likeness (QED) is 0.640. The second kappa shape index (κ2) is 6.27. The second-order valence-corrected chi connectivity index (χ2v) is 6.51. The van der Waals surface area contributed by atoms with Crippen molar-refractivity contribution in [3.8, 4) is 0 Å². The number of hydrogen-bond donors (Lipinski definition) is 0. The molecule has 0 bridgehead atoms. The molecule has 1 unspecified atom stereocenters. The first kappa shape index (κ1) is 15.3. The van der Waals surface area contributed by atoms with Crippen LogP contribution in [-0.4, -0.2) is 34.1 Å². The Morgan fingerprint density at radius 1 is 1.41 bits per heavy atom. The summed E-state index contributed by atoms with van der Waals surface area (Å²) in [7, 11) is 7.54. The van der Waals surface area contributed by atoms with Gasteiger partial charge in [0, 0.05) is 4.70 Å². The lowest BCUT2D eigenvalue weighted by atomic mass is 9.80. The fraction of sp³-hybridized carbons (Fsp3) is 0.353. The minimum absolute atomic E-state index is 0.0945. The largest absolute Gasteiger partial charge is 0.465 e. The molecule has 1 aliphatic heterocycles. The lowest BCUT2D eigenvalue weighted by Gasteiger charge is -2.16. The van der Waals surface area contributed by atoms with Crippen LogP contribution in [-0.2, 0) is 9.47 Å². The Balaban J connectivity index is 2.16. The molecule has 0 spiro atoms. The molecule has 2 aromatic rings. The Kier molecular flexibility index (Phi) is 4.36. The van der Waals surface area contributed by atoms with Crippen LogP contribution < -0.4 is 0 Å². The summed E-state index contributed by atoms with van der Waals surface area (Å²) < 4.78 is 11.3. The summed E-state index contributed by atoms with van der Waals surface area (Å²) in [5.74, 6) is -0.397. The number of esters is 1. The zero-order valence-corrected chi connectivity index (χ0v) is 13.5. The third-order valence-electron chi connectivity index (χ3n) is 3.88. The van der Waals surface area contributed by atoms with E-state index in [-0.39, 0.29) is 11.8 Å². The predicted octanol–water partition coefficient (Wildman–Crippen LogP) is 3.72. The maximum Gasteiger partial charge on any atom is 0.348 e. The fourth-order valence-electron chi connectivity index (χ4n) is 2.72. The predicted molar refractivity (Wildman–Crippen MR) is 90.7 cm³/mol. The van der Waals surface area contributed by atoms with Crippen LogP contribution in [0.25, 0.3) is 15.7 Å². The number of hydrogen-bond acceptors (Lipinski definition) is 4. The molecule has 112 valence electrons. The van der Waals surface area contributed by atoms with E-state index >= 15 is 0 Å². The summed E-state index contributed by atoms with van der Waals surface area (Å²) in [6.07, 6.45) is 3.02. The summed E-state index contributed by atoms with van der Waals surface area (Å²) in [5.41, 5.74) is 3.51. The fourth-order valence-corrected chi connectivity index (χ4v) is 3.77. The summed E-state index contributed by atoms with van der Waals surface area (Å²) >= 11 is 1.45. The van der Waals surface area contributed by atoms with Crippen molar-refractivity contribution in [2.45, 2.75) is 19.2 Å². The van der Waals surface area contributed by atoms with Gasteiger partial charge in [0.2, 0.25) is 0 Å². The van der Waals surface area contributed by atoms with E-state index < -0.39 is 0 Å². The van der Waals surface area contributed by atoms with E-state index in [9.17, 15) is 4.79 Å². The third kappa shape index (κ3) is 2.83. The van der Waals surface area contributed by atoms with Gasteiger partial charge < -0.3 is 9.47 Å². The Bertz CT molecular complexity index is 746. The molecule has 2 radical (unpaired) electrons. The molecule has 1 atom stereocenters. The van der Waals surface area contributed by atoms with E-state index in [1.807, 2.05) is 13.0 Å². The van der Waals surface area contributed by atoms with E-state index in [0.717, 1.165) is 28.7 Å². The highest BCUT2D eigenvalue weighted by Crippen LogP contribution is 2.35.